The van der Waals surface area contributed by atoms with Gasteiger partial charge in [0.2, 0.25) is 0 Å². The van der Waals surface area contributed by atoms with E-state index in [1.54, 1.807) is 0 Å². The molecule has 1 saturated heterocycles. The van der Waals surface area contributed by atoms with E-state index in [-0.39, 0.29) is 0 Å². The van der Waals surface area contributed by atoms with Crippen LogP contribution >= 0.6 is 34.2 Å². The van der Waals surface area contributed by atoms with E-state index in [4.69, 9.17) is 16.3 Å². The second-order valence-corrected chi connectivity index (χ2v) is 6.01. The Labute approximate surface area is 130 Å². The molecule has 0 amide bonds. The molecular formula is C12H14ClIN4O. The van der Waals surface area contributed by atoms with Crippen molar-refractivity contribution in [1.82, 2.24) is 19.4 Å². The number of rotatable bonds is 3. The zero-order valence-electron chi connectivity index (χ0n) is 10.4. The van der Waals surface area contributed by atoms with Gasteiger partial charge in [-0.15, -0.1) is 0 Å². The van der Waals surface area contributed by atoms with Gasteiger partial charge in [-0.3, -0.25) is 4.90 Å². The van der Waals surface area contributed by atoms with Gasteiger partial charge in [-0.25, -0.2) is 9.97 Å². The second-order valence-electron chi connectivity index (χ2n) is 4.49. The lowest BCUT2D eigenvalue weighted by Gasteiger charge is -2.26. The Balaban J connectivity index is 1.79. The van der Waals surface area contributed by atoms with E-state index in [0.29, 0.717) is 5.15 Å². The highest BCUT2D eigenvalue weighted by molar-refractivity contribution is 14.1. The molecule has 0 spiro atoms. The molecule has 3 rings (SSSR count). The fraction of sp³-hybridized carbons (Fsp3) is 0.500. The summed E-state index contributed by atoms with van der Waals surface area (Å²) in [4.78, 5) is 10.8. The van der Waals surface area contributed by atoms with Crippen LogP contribution in [-0.2, 0) is 11.3 Å². The molecule has 0 atom stereocenters. The molecule has 19 heavy (non-hydrogen) atoms. The summed E-state index contributed by atoms with van der Waals surface area (Å²) in [6.45, 7) is 5.59. The summed E-state index contributed by atoms with van der Waals surface area (Å²) in [5, 5.41) is 1.48. The molecule has 1 aliphatic rings. The van der Waals surface area contributed by atoms with Gasteiger partial charge in [0.05, 0.1) is 18.6 Å². The van der Waals surface area contributed by atoms with E-state index in [2.05, 4.69) is 48.2 Å². The fourth-order valence-corrected chi connectivity index (χ4v) is 3.51. The Kier molecular flexibility index (Phi) is 4.21. The number of morpholine rings is 1. The lowest BCUT2D eigenvalue weighted by molar-refractivity contribution is 0.0365. The summed E-state index contributed by atoms with van der Waals surface area (Å²) in [5.74, 6) is 0. The molecule has 102 valence electrons. The monoisotopic (exact) mass is 392 g/mol. The van der Waals surface area contributed by atoms with E-state index in [9.17, 15) is 0 Å². The number of aromatic nitrogens is 3. The minimum absolute atomic E-state index is 0.527. The van der Waals surface area contributed by atoms with Gasteiger partial charge in [0.25, 0.3) is 0 Å². The number of fused-ring (bicyclic) bond motifs is 1. The van der Waals surface area contributed by atoms with Crippen molar-refractivity contribution in [2.45, 2.75) is 6.54 Å². The predicted octanol–water partition coefficient (Wildman–Crippen LogP) is 2.02. The summed E-state index contributed by atoms with van der Waals surface area (Å²) in [6.07, 6.45) is 3.61. The van der Waals surface area contributed by atoms with E-state index in [1.807, 2.05) is 0 Å². The quantitative estimate of drug-likeness (QED) is 0.592. The molecule has 0 unspecified atom stereocenters. The summed E-state index contributed by atoms with van der Waals surface area (Å²) >= 11 is 8.41. The third kappa shape index (κ3) is 2.86. The van der Waals surface area contributed by atoms with Crippen LogP contribution < -0.4 is 0 Å². The molecule has 5 nitrogen and oxygen atoms in total. The van der Waals surface area contributed by atoms with E-state index >= 15 is 0 Å². The van der Waals surface area contributed by atoms with E-state index in [0.717, 1.165) is 54.0 Å². The van der Waals surface area contributed by atoms with Crippen LogP contribution in [-0.4, -0.2) is 52.3 Å². The van der Waals surface area contributed by atoms with Crippen LogP contribution in [0.1, 0.15) is 0 Å². The molecule has 2 aromatic heterocycles. The predicted molar refractivity (Wildman–Crippen MR) is 82.5 cm³/mol. The second kappa shape index (κ2) is 5.90. The maximum absolute atomic E-state index is 6.13. The van der Waals surface area contributed by atoms with Crippen LogP contribution in [0.3, 0.4) is 0 Å². The van der Waals surface area contributed by atoms with Gasteiger partial charge in [-0.2, -0.15) is 0 Å². The normalized spacial score (nSPS) is 17.2. The maximum atomic E-state index is 6.13. The number of nitrogens with zero attached hydrogens (tertiary/aromatic N) is 4. The molecule has 0 radical (unpaired) electrons. The number of halogens is 2. The molecule has 0 saturated carbocycles. The molecule has 0 bridgehead atoms. The minimum Gasteiger partial charge on any atom is -0.379 e. The SMILES string of the molecule is Clc1ncnc2c1c(I)cn2CCN1CCOCC1. The van der Waals surface area contributed by atoms with Gasteiger partial charge < -0.3 is 9.30 Å². The summed E-state index contributed by atoms with van der Waals surface area (Å²) in [5.41, 5.74) is 0.914. The van der Waals surface area contributed by atoms with Crippen LogP contribution in [0.2, 0.25) is 5.15 Å². The molecule has 0 aliphatic carbocycles. The van der Waals surface area contributed by atoms with Gasteiger partial charge >= 0.3 is 0 Å². The lowest BCUT2D eigenvalue weighted by atomic mass is 10.4. The van der Waals surface area contributed by atoms with Gasteiger partial charge in [0.1, 0.15) is 17.1 Å². The average molecular weight is 393 g/mol. The summed E-state index contributed by atoms with van der Waals surface area (Å²) < 4.78 is 8.60. The van der Waals surface area contributed by atoms with Crippen molar-refractivity contribution in [2.75, 3.05) is 32.8 Å². The molecule has 1 aliphatic heterocycles. The standard InChI is InChI=1S/C12H14ClIN4O/c13-11-10-9(14)7-18(12(10)16-8-15-11)2-1-17-3-5-19-6-4-17/h7-8H,1-6H2. The zero-order valence-corrected chi connectivity index (χ0v) is 13.3. The first-order chi connectivity index (χ1) is 9.25. The highest BCUT2D eigenvalue weighted by atomic mass is 127. The van der Waals surface area contributed by atoms with Crippen molar-refractivity contribution in [2.24, 2.45) is 0 Å². The summed E-state index contributed by atoms with van der Waals surface area (Å²) in [6, 6.07) is 0. The Morgan fingerprint density at radius 2 is 2.05 bits per heavy atom. The third-order valence-electron chi connectivity index (χ3n) is 3.32. The lowest BCUT2D eigenvalue weighted by Crippen LogP contribution is -2.38. The van der Waals surface area contributed by atoms with Crippen molar-refractivity contribution in [3.05, 3.63) is 21.2 Å². The van der Waals surface area contributed by atoms with Gasteiger partial charge in [0.15, 0.2) is 0 Å². The van der Waals surface area contributed by atoms with Crippen LogP contribution in [0.15, 0.2) is 12.5 Å². The molecular weight excluding hydrogens is 379 g/mol. The third-order valence-corrected chi connectivity index (χ3v) is 4.43. The Bertz CT molecular complexity index is 582. The van der Waals surface area contributed by atoms with Crippen molar-refractivity contribution < 1.29 is 4.74 Å². The largest absolute Gasteiger partial charge is 0.379 e. The van der Waals surface area contributed by atoms with Crippen molar-refractivity contribution >= 4 is 45.2 Å². The smallest absolute Gasteiger partial charge is 0.146 e. The minimum atomic E-state index is 0.527. The van der Waals surface area contributed by atoms with Crippen LogP contribution in [0.25, 0.3) is 11.0 Å². The first-order valence-electron chi connectivity index (χ1n) is 6.20. The molecule has 2 aromatic rings. The van der Waals surface area contributed by atoms with Crippen LogP contribution in [0, 0.1) is 3.57 Å². The molecule has 1 fully saturated rings. The Morgan fingerprint density at radius 1 is 1.26 bits per heavy atom. The van der Waals surface area contributed by atoms with Crippen molar-refractivity contribution in [3.8, 4) is 0 Å². The molecule has 3 heterocycles. The number of hydrogen-bond acceptors (Lipinski definition) is 4. The first-order valence-corrected chi connectivity index (χ1v) is 7.66. The molecule has 7 heteroatoms. The Morgan fingerprint density at radius 3 is 2.84 bits per heavy atom. The van der Waals surface area contributed by atoms with Gasteiger partial charge in [0, 0.05) is 35.9 Å². The zero-order chi connectivity index (χ0) is 13.2. The van der Waals surface area contributed by atoms with E-state index in [1.165, 1.54) is 6.33 Å². The molecule has 0 aromatic carbocycles. The van der Waals surface area contributed by atoms with Gasteiger partial charge in [-0.1, -0.05) is 11.6 Å². The first kappa shape index (κ1) is 13.5. The molecule has 0 N–H and O–H groups in total. The van der Waals surface area contributed by atoms with E-state index < -0.39 is 0 Å². The Hall–Kier alpha value is -0.440. The van der Waals surface area contributed by atoms with Crippen molar-refractivity contribution in [1.29, 1.82) is 0 Å². The van der Waals surface area contributed by atoms with Crippen molar-refractivity contribution in [3.63, 3.8) is 0 Å². The van der Waals surface area contributed by atoms with Gasteiger partial charge in [-0.05, 0) is 22.6 Å². The highest BCUT2D eigenvalue weighted by Gasteiger charge is 2.14. The topological polar surface area (TPSA) is 43.2 Å². The maximum Gasteiger partial charge on any atom is 0.146 e. The van der Waals surface area contributed by atoms with Crippen LogP contribution in [0.4, 0.5) is 0 Å². The fourth-order valence-electron chi connectivity index (χ4n) is 2.29. The summed E-state index contributed by atoms with van der Waals surface area (Å²) in [7, 11) is 0. The average Bonchev–Trinajstić information content (AvgIpc) is 2.76. The number of ether oxygens (including phenoxy) is 1. The van der Waals surface area contributed by atoms with Crippen LogP contribution in [0.5, 0.6) is 0 Å². The highest BCUT2D eigenvalue weighted by Crippen LogP contribution is 2.26. The number of hydrogen-bond donors (Lipinski definition) is 0.